The van der Waals surface area contributed by atoms with Crippen molar-refractivity contribution in [1.29, 1.82) is 0 Å². The van der Waals surface area contributed by atoms with Crippen LogP contribution in [0.25, 0.3) is 0 Å². The molecule has 0 aliphatic heterocycles. The molecular formula is C12H13N5O4. The highest BCUT2D eigenvalue weighted by molar-refractivity contribution is 5.93. The van der Waals surface area contributed by atoms with E-state index in [1.807, 2.05) is 0 Å². The van der Waals surface area contributed by atoms with Gasteiger partial charge < -0.3 is 10.1 Å². The summed E-state index contributed by atoms with van der Waals surface area (Å²) in [6.07, 6.45) is 4.25. The SMILES string of the molecule is COc1nn(C(C)C(=O)Nc2ccncc2)cc1[N+](=O)[O-]. The van der Waals surface area contributed by atoms with E-state index in [2.05, 4.69) is 15.4 Å². The van der Waals surface area contributed by atoms with Gasteiger partial charge in [-0.3, -0.25) is 19.9 Å². The molecule has 0 bridgehead atoms. The summed E-state index contributed by atoms with van der Waals surface area (Å²) < 4.78 is 6.01. The first-order valence-corrected chi connectivity index (χ1v) is 6.01. The van der Waals surface area contributed by atoms with E-state index in [-0.39, 0.29) is 17.5 Å². The van der Waals surface area contributed by atoms with Crippen molar-refractivity contribution < 1.29 is 14.5 Å². The Morgan fingerprint density at radius 1 is 1.48 bits per heavy atom. The van der Waals surface area contributed by atoms with Gasteiger partial charge >= 0.3 is 11.6 Å². The summed E-state index contributed by atoms with van der Waals surface area (Å²) >= 11 is 0. The molecule has 2 aromatic heterocycles. The van der Waals surface area contributed by atoms with Crippen LogP contribution in [0.3, 0.4) is 0 Å². The minimum atomic E-state index is -0.735. The van der Waals surface area contributed by atoms with Gasteiger partial charge in [-0.05, 0) is 19.1 Å². The van der Waals surface area contributed by atoms with Gasteiger partial charge in [0.1, 0.15) is 12.2 Å². The second-order valence-electron chi connectivity index (χ2n) is 4.16. The average Bonchev–Trinajstić information content (AvgIpc) is 2.92. The fourth-order valence-electron chi connectivity index (χ4n) is 1.64. The summed E-state index contributed by atoms with van der Waals surface area (Å²) in [5, 5.41) is 17.4. The lowest BCUT2D eigenvalue weighted by Gasteiger charge is -2.11. The zero-order valence-corrected chi connectivity index (χ0v) is 11.4. The van der Waals surface area contributed by atoms with Crippen molar-refractivity contribution in [3.8, 4) is 5.88 Å². The van der Waals surface area contributed by atoms with Crippen molar-refractivity contribution in [1.82, 2.24) is 14.8 Å². The summed E-state index contributed by atoms with van der Waals surface area (Å²) in [7, 11) is 1.28. The van der Waals surface area contributed by atoms with Crippen LogP contribution in [0.15, 0.2) is 30.7 Å². The molecule has 0 saturated carbocycles. The molecular weight excluding hydrogens is 278 g/mol. The number of anilines is 1. The number of pyridine rings is 1. The first kappa shape index (κ1) is 14.4. The Morgan fingerprint density at radius 3 is 2.67 bits per heavy atom. The van der Waals surface area contributed by atoms with Crippen LogP contribution < -0.4 is 10.1 Å². The maximum atomic E-state index is 12.1. The quantitative estimate of drug-likeness (QED) is 0.658. The van der Waals surface area contributed by atoms with Gasteiger partial charge in [0.15, 0.2) is 0 Å². The van der Waals surface area contributed by atoms with Gasteiger partial charge in [0.2, 0.25) is 5.91 Å². The molecule has 0 spiro atoms. The second-order valence-corrected chi connectivity index (χ2v) is 4.16. The molecule has 110 valence electrons. The van der Waals surface area contributed by atoms with Crippen molar-refractivity contribution in [3.05, 3.63) is 40.8 Å². The van der Waals surface area contributed by atoms with E-state index in [1.54, 1.807) is 31.5 Å². The first-order valence-electron chi connectivity index (χ1n) is 6.01. The molecule has 1 N–H and O–H groups in total. The van der Waals surface area contributed by atoms with Crippen LogP contribution in [0, 0.1) is 10.1 Å². The summed E-state index contributed by atoms with van der Waals surface area (Å²) in [5.41, 5.74) is 0.288. The number of ether oxygens (including phenoxy) is 1. The van der Waals surface area contributed by atoms with E-state index in [9.17, 15) is 14.9 Å². The third-order valence-corrected chi connectivity index (χ3v) is 2.79. The number of aromatic nitrogens is 3. The standard InChI is InChI=1S/C12H13N5O4/c1-8(11(18)14-9-3-5-13-6-4-9)16-7-10(17(19)20)12(15-16)21-2/h3-8H,1-2H3,(H,13,14,18). The third kappa shape index (κ3) is 3.14. The number of carbonyl (C=O) groups is 1. The van der Waals surface area contributed by atoms with Crippen LogP contribution in [0.1, 0.15) is 13.0 Å². The molecule has 2 aromatic rings. The summed E-state index contributed by atoms with van der Waals surface area (Å²) in [4.78, 5) is 26.2. The molecule has 9 heteroatoms. The molecule has 0 radical (unpaired) electrons. The number of carbonyl (C=O) groups excluding carboxylic acids is 1. The van der Waals surface area contributed by atoms with E-state index in [0.717, 1.165) is 6.20 Å². The number of hydrogen-bond acceptors (Lipinski definition) is 6. The lowest BCUT2D eigenvalue weighted by Crippen LogP contribution is -2.24. The smallest absolute Gasteiger partial charge is 0.350 e. The normalized spacial score (nSPS) is 11.7. The number of nitro groups is 1. The van der Waals surface area contributed by atoms with E-state index in [1.165, 1.54) is 11.8 Å². The Bertz CT molecular complexity index is 655. The van der Waals surface area contributed by atoms with Crippen LogP contribution in [-0.2, 0) is 4.79 Å². The van der Waals surface area contributed by atoms with Gasteiger partial charge in [0, 0.05) is 18.1 Å². The molecule has 0 aromatic carbocycles. The molecule has 1 unspecified atom stereocenters. The van der Waals surface area contributed by atoms with Crippen molar-refractivity contribution in [2.45, 2.75) is 13.0 Å². The number of nitrogens with one attached hydrogen (secondary N) is 1. The highest BCUT2D eigenvalue weighted by atomic mass is 16.6. The first-order chi connectivity index (χ1) is 10.0. The largest absolute Gasteiger partial charge is 0.475 e. The molecule has 21 heavy (non-hydrogen) atoms. The number of amides is 1. The highest BCUT2D eigenvalue weighted by Crippen LogP contribution is 2.26. The Hall–Kier alpha value is -2.97. The lowest BCUT2D eigenvalue weighted by molar-refractivity contribution is -0.385. The van der Waals surface area contributed by atoms with E-state index in [0.29, 0.717) is 5.69 Å². The van der Waals surface area contributed by atoms with Gasteiger partial charge in [-0.15, -0.1) is 5.10 Å². The fourth-order valence-corrected chi connectivity index (χ4v) is 1.64. The lowest BCUT2D eigenvalue weighted by atomic mass is 10.3. The van der Waals surface area contributed by atoms with Crippen molar-refractivity contribution in [3.63, 3.8) is 0 Å². The van der Waals surface area contributed by atoms with E-state index >= 15 is 0 Å². The maximum absolute atomic E-state index is 12.1. The minimum absolute atomic E-state index is 0.136. The second kappa shape index (κ2) is 5.99. The number of rotatable bonds is 5. The highest BCUT2D eigenvalue weighted by Gasteiger charge is 2.25. The predicted octanol–water partition coefficient (Wildman–Crippen LogP) is 1.39. The molecule has 0 saturated heterocycles. The van der Waals surface area contributed by atoms with Crippen LogP contribution >= 0.6 is 0 Å². The van der Waals surface area contributed by atoms with Gasteiger partial charge in [-0.2, -0.15) is 0 Å². The van der Waals surface area contributed by atoms with Gasteiger partial charge in [-0.25, -0.2) is 4.68 Å². The van der Waals surface area contributed by atoms with Gasteiger partial charge in [0.25, 0.3) is 0 Å². The topological polar surface area (TPSA) is 112 Å². The molecule has 0 aliphatic carbocycles. The number of hydrogen-bond donors (Lipinski definition) is 1. The minimum Gasteiger partial charge on any atom is -0.475 e. The van der Waals surface area contributed by atoms with Crippen molar-refractivity contribution >= 4 is 17.3 Å². The molecule has 0 fully saturated rings. The average molecular weight is 291 g/mol. The maximum Gasteiger partial charge on any atom is 0.350 e. The summed E-state index contributed by atoms with van der Waals surface area (Å²) in [6, 6.07) is 2.54. The third-order valence-electron chi connectivity index (χ3n) is 2.79. The van der Waals surface area contributed by atoms with E-state index < -0.39 is 11.0 Å². The van der Waals surface area contributed by atoms with Crippen LogP contribution in [0.2, 0.25) is 0 Å². The molecule has 2 rings (SSSR count). The Labute approximate surface area is 119 Å². The number of methoxy groups -OCH3 is 1. The molecule has 1 atom stereocenters. The van der Waals surface area contributed by atoms with Crippen LogP contribution in [0.5, 0.6) is 5.88 Å². The fraction of sp³-hybridized carbons (Fsp3) is 0.250. The van der Waals surface area contributed by atoms with Crippen LogP contribution in [0.4, 0.5) is 11.4 Å². The zero-order valence-electron chi connectivity index (χ0n) is 11.4. The monoisotopic (exact) mass is 291 g/mol. The van der Waals surface area contributed by atoms with Crippen LogP contribution in [-0.4, -0.2) is 32.7 Å². The summed E-state index contributed by atoms with van der Waals surface area (Å²) in [6.45, 7) is 1.58. The number of nitrogens with zero attached hydrogens (tertiary/aromatic N) is 4. The van der Waals surface area contributed by atoms with Crippen molar-refractivity contribution in [2.24, 2.45) is 0 Å². The van der Waals surface area contributed by atoms with Crippen molar-refractivity contribution in [2.75, 3.05) is 12.4 Å². The molecule has 0 aliphatic rings. The Balaban J connectivity index is 2.17. The summed E-state index contributed by atoms with van der Waals surface area (Å²) in [5.74, 6) is -0.496. The Kier molecular flexibility index (Phi) is 4.12. The van der Waals surface area contributed by atoms with E-state index in [4.69, 9.17) is 4.74 Å². The predicted molar refractivity (Wildman–Crippen MR) is 73.0 cm³/mol. The van der Waals surface area contributed by atoms with Gasteiger partial charge in [-0.1, -0.05) is 0 Å². The molecule has 2 heterocycles. The molecule has 1 amide bonds. The molecule has 9 nitrogen and oxygen atoms in total. The van der Waals surface area contributed by atoms with Gasteiger partial charge in [0.05, 0.1) is 12.0 Å². The Morgan fingerprint density at radius 2 is 2.14 bits per heavy atom. The zero-order chi connectivity index (χ0) is 15.4.